The zero-order chi connectivity index (χ0) is 15.1. The number of carbonyl (C=O) groups is 1. The van der Waals surface area contributed by atoms with E-state index in [1.165, 1.54) is 25.3 Å². The molecule has 1 amide bonds. The van der Waals surface area contributed by atoms with Crippen LogP contribution in [0.2, 0.25) is 0 Å². The molecule has 7 heteroatoms. The van der Waals surface area contributed by atoms with Crippen LogP contribution in [0.4, 0.5) is 11.4 Å². The molecule has 0 saturated carbocycles. The third kappa shape index (κ3) is 3.92. The first-order valence-corrected chi connectivity index (χ1v) is 6.36. The molecule has 1 aromatic carbocycles. The van der Waals surface area contributed by atoms with E-state index in [1.807, 2.05) is 6.92 Å². The van der Waals surface area contributed by atoms with Crippen LogP contribution < -0.4 is 15.8 Å². The summed E-state index contributed by atoms with van der Waals surface area (Å²) in [5, 5.41) is 13.4. The van der Waals surface area contributed by atoms with Gasteiger partial charge in [0.25, 0.3) is 5.69 Å². The molecule has 110 valence electrons. The minimum absolute atomic E-state index is 0.110. The first kappa shape index (κ1) is 15.9. The number of nitro groups is 1. The van der Waals surface area contributed by atoms with Crippen molar-refractivity contribution in [1.82, 2.24) is 0 Å². The van der Waals surface area contributed by atoms with Crippen molar-refractivity contribution >= 4 is 17.3 Å². The maximum Gasteiger partial charge on any atom is 0.271 e. The monoisotopic (exact) mass is 281 g/mol. The van der Waals surface area contributed by atoms with Crippen LogP contribution in [0.5, 0.6) is 5.75 Å². The molecule has 0 aliphatic heterocycles. The fraction of sp³-hybridized carbons (Fsp3) is 0.462. The summed E-state index contributed by atoms with van der Waals surface area (Å²) < 4.78 is 5.09. The Labute approximate surface area is 117 Å². The molecule has 1 unspecified atom stereocenters. The average Bonchev–Trinajstić information content (AvgIpc) is 2.44. The molecule has 0 saturated heterocycles. The predicted molar refractivity (Wildman–Crippen MR) is 75.7 cm³/mol. The van der Waals surface area contributed by atoms with Gasteiger partial charge in [-0.05, 0) is 12.5 Å². The van der Waals surface area contributed by atoms with E-state index in [0.717, 1.165) is 6.42 Å². The number of hydrogen-bond acceptors (Lipinski definition) is 5. The molecule has 20 heavy (non-hydrogen) atoms. The normalized spacial score (nSPS) is 11.8. The number of nitrogens with one attached hydrogen (secondary N) is 1. The smallest absolute Gasteiger partial charge is 0.271 e. The third-order valence-corrected chi connectivity index (χ3v) is 2.94. The van der Waals surface area contributed by atoms with Crippen molar-refractivity contribution in [2.24, 2.45) is 11.7 Å². The molecule has 0 bridgehead atoms. The van der Waals surface area contributed by atoms with E-state index in [9.17, 15) is 14.9 Å². The molecule has 0 fully saturated rings. The van der Waals surface area contributed by atoms with Crippen LogP contribution in [0.1, 0.15) is 19.8 Å². The zero-order valence-electron chi connectivity index (χ0n) is 11.6. The highest BCUT2D eigenvalue weighted by atomic mass is 16.6. The molecular weight excluding hydrogens is 262 g/mol. The van der Waals surface area contributed by atoms with E-state index in [1.54, 1.807) is 0 Å². The lowest BCUT2D eigenvalue weighted by Gasteiger charge is -2.15. The van der Waals surface area contributed by atoms with Gasteiger partial charge in [-0.15, -0.1) is 0 Å². The number of anilines is 1. The summed E-state index contributed by atoms with van der Waals surface area (Å²) in [7, 11) is 1.43. The molecule has 1 rings (SSSR count). The highest BCUT2D eigenvalue weighted by molar-refractivity contribution is 5.94. The SMILES string of the molecule is CCCC(CN)C(=O)Nc1cc([N+](=O)[O-])ccc1OC. The Morgan fingerprint density at radius 2 is 2.25 bits per heavy atom. The van der Waals surface area contributed by atoms with Gasteiger partial charge in [-0.1, -0.05) is 13.3 Å². The van der Waals surface area contributed by atoms with Crippen molar-refractivity contribution in [2.45, 2.75) is 19.8 Å². The Bertz CT molecular complexity index is 491. The van der Waals surface area contributed by atoms with Crippen molar-refractivity contribution in [2.75, 3.05) is 19.0 Å². The minimum atomic E-state index is -0.526. The Kier molecular flexibility index (Phi) is 5.92. The minimum Gasteiger partial charge on any atom is -0.495 e. The Morgan fingerprint density at radius 3 is 2.75 bits per heavy atom. The van der Waals surface area contributed by atoms with Crippen molar-refractivity contribution in [1.29, 1.82) is 0 Å². The van der Waals surface area contributed by atoms with Crippen LogP contribution in [0.3, 0.4) is 0 Å². The zero-order valence-corrected chi connectivity index (χ0v) is 11.6. The average molecular weight is 281 g/mol. The van der Waals surface area contributed by atoms with E-state index < -0.39 is 4.92 Å². The van der Waals surface area contributed by atoms with Crippen LogP contribution in [0.25, 0.3) is 0 Å². The van der Waals surface area contributed by atoms with Crippen LogP contribution in [0, 0.1) is 16.0 Å². The highest BCUT2D eigenvalue weighted by Gasteiger charge is 2.19. The quantitative estimate of drug-likeness (QED) is 0.586. The predicted octanol–water partition coefficient (Wildman–Crippen LogP) is 1.92. The number of nitrogens with two attached hydrogens (primary N) is 1. The Hall–Kier alpha value is -2.15. The molecule has 7 nitrogen and oxygen atoms in total. The fourth-order valence-electron chi connectivity index (χ4n) is 1.85. The second kappa shape index (κ2) is 7.44. The Balaban J connectivity index is 2.97. The molecule has 1 atom stereocenters. The number of methoxy groups -OCH3 is 1. The largest absolute Gasteiger partial charge is 0.495 e. The molecule has 3 N–H and O–H groups in total. The van der Waals surface area contributed by atoms with Gasteiger partial charge in [0, 0.05) is 18.7 Å². The van der Waals surface area contributed by atoms with Gasteiger partial charge < -0.3 is 15.8 Å². The molecule has 0 aromatic heterocycles. The topological polar surface area (TPSA) is 107 Å². The van der Waals surface area contributed by atoms with Gasteiger partial charge >= 0.3 is 0 Å². The fourth-order valence-corrected chi connectivity index (χ4v) is 1.85. The van der Waals surface area contributed by atoms with Gasteiger partial charge in [-0.3, -0.25) is 14.9 Å². The van der Waals surface area contributed by atoms with E-state index in [-0.39, 0.29) is 29.7 Å². The van der Waals surface area contributed by atoms with E-state index in [2.05, 4.69) is 5.32 Å². The summed E-state index contributed by atoms with van der Waals surface area (Å²) in [5.74, 6) is -0.201. The van der Waals surface area contributed by atoms with Crippen LogP contribution in [0.15, 0.2) is 18.2 Å². The number of benzene rings is 1. The van der Waals surface area contributed by atoms with E-state index >= 15 is 0 Å². The summed E-state index contributed by atoms with van der Waals surface area (Å²) >= 11 is 0. The van der Waals surface area contributed by atoms with Gasteiger partial charge in [-0.2, -0.15) is 0 Å². The molecule has 0 aliphatic rings. The highest BCUT2D eigenvalue weighted by Crippen LogP contribution is 2.29. The van der Waals surface area contributed by atoms with Gasteiger partial charge in [0.1, 0.15) is 5.75 Å². The van der Waals surface area contributed by atoms with E-state index in [4.69, 9.17) is 10.5 Å². The number of nitrogens with zero attached hydrogens (tertiary/aromatic N) is 1. The molecule has 0 heterocycles. The van der Waals surface area contributed by atoms with Crippen molar-refractivity contribution in [3.05, 3.63) is 28.3 Å². The van der Waals surface area contributed by atoms with Crippen molar-refractivity contribution < 1.29 is 14.5 Å². The lowest BCUT2D eigenvalue weighted by molar-refractivity contribution is -0.384. The lowest BCUT2D eigenvalue weighted by atomic mass is 10.0. The summed E-state index contributed by atoms with van der Waals surface area (Å²) in [5.41, 5.74) is 5.73. The lowest BCUT2D eigenvalue weighted by Crippen LogP contribution is -2.29. The third-order valence-electron chi connectivity index (χ3n) is 2.94. The molecule has 0 radical (unpaired) electrons. The summed E-state index contributed by atoms with van der Waals surface area (Å²) in [6.07, 6.45) is 1.50. The van der Waals surface area contributed by atoms with Crippen LogP contribution >= 0.6 is 0 Å². The summed E-state index contributed by atoms with van der Waals surface area (Å²) in [6.45, 7) is 2.20. The van der Waals surface area contributed by atoms with Gasteiger partial charge in [0.15, 0.2) is 0 Å². The number of ether oxygens (including phenoxy) is 1. The van der Waals surface area contributed by atoms with Gasteiger partial charge in [0.2, 0.25) is 5.91 Å². The molecular formula is C13H19N3O4. The van der Waals surface area contributed by atoms with Crippen molar-refractivity contribution in [3.63, 3.8) is 0 Å². The molecule has 0 spiro atoms. The molecule has 0 aliphatic carbocycles. The Morgan fingerprint density at radius 1 is 1.55 bits per heavy atom. The van der Waals surface area contributed by atoms with E-state index in [0.29, 0.717) is 12.2 Å². The number of amides is 1. The second-order valence-electron chi connectivity index (χ2n) is 4.35. The second-order valence-corrected chi connectivity index (χ2v) is 4.35. The number of rotatable bonds is 7. The number of non-ortho nitro benzene ring substituents is 1. The summed E-state index contributed by atoms with van der Waals surface area (Å²) in [4.78, 5) is 22.3. The maximum atomic E-state index is 12.1. The number of nitro benzene ring substituents is 1. The first-order chi connectivity index (χ1) is 9.53. The summed E-state index contributed by atoms with van der Waals surface area (Å²) in [6, 6.07) is 4.04. The van der Waals surface area contributed by atoms with Gasteiger partial charge in [0.05, 0.1) is 23.6 Å². The number of hydrogen-bond donors (Lipinski definition) is 2. The first-order valence-electron chi connectivity index (χ1n) is 6.36. The van der Waals surface area contributed by atoms with Crippen LogP contribution in [-0.2, 0) is 4.79 Å². The van der Waals surface area contributed by atoms with Crippen molar-refractivity contribution in [3.8, 4) is 5.75 Å². The molecule has 1 aromatic rings. The van der Waals surface area contributed by atoms with Crippen LogP contribution in [-0.4, -0.2) is 24.5 Å². The standard InChI is InChI=1S/C13H19N3O4/c1-3-4-9(8-14)13(17)15-11-7-10(16(18)19)5-6-12(11)20-2/h5-7,9H,3-4,8,14H2,1-2H3,(H,15,17). The number of carbonyl (C=O) groups excluding carboxylic acids is 1. The maximum absolute atomic E-state index is 12.1. The van der Waals surface area contributed by atoms with Gasteiger partial charge in [-0.25, -0.2) is 0 Å².